The molecule has 4 heteroatoms. The highest BCUT2D eigenvalue weighted by molar-refractivity contribution is 6.31. The molecule has 1 aliphatic heterocycles. The van der Waals surface area contributed by atoms with Gasteiger partial charge in [0.25, 0.3) is 0 Å². The van der Waals surface area contributed by atoms with Gasteiger partial charge in [0.2, 0.25) is 5.91 Å². The molecule has 1 aliphatic carbocycles. The molecule has 4 rings (SSSR count). The second-order valence-electron chi connectivity index (χ2n) is 7.86. The van der Waals surface area contributed by atoms with Gasteiger partial charge in [-0.1, -0.05) is 54.1 Å². The van der Waals surface area contributed by atoms with Crippen LogP contribution in [0.2, 0.25) is 5.02 Å². The van der Waals surface area contributed by atoms with Crippen LogP contribution in [0.3, 0.4) is 0 Å². The van der Waals surface area contributed by atoms with E-state index in [1.54, 1.807) is 0 Å². The summed E-state index contributed by atoms with van der Waals surface area (Å²) in [5.74, 6) is 0.428. The maximum atomic E-state index is 12.1. The molecule has 1 saturated heterocycles. The van der Waals surface area contributed by atoms with Crippen LogP contribution in [0.15, 0.2) is 48.5 Å². The van der Waals surface area contributed by atoms with E-state index in [0.29, 0.717) is 6.42 Å². The molecule has 2 aromatic carbocycles. The van der Waals surface area contributed by atoms with E-state index in [1.165, 1.54) is 0 Å². The summed E-state index contributed by atoms with van der Waals surface area (Å²) in [6.45, 7) is 0.874. The minimum absolute atomic E-state index is 0.150. The first-order valence-corrected chi connectivity index (χ1v) is 10.3. The van der Waals surface area contributed by atoms with Crippen molar-refractivity contribution in [1.29, 1.82) is 0 Å². The molecule has 1 amide bonds. The van der Waals surface area contributed by atoms with Crippen LogP contribution in [0.25, 0.3) is 11.1 Å². The molecule has 0 aromatic heterocycles. The Kier molecular flexibility index (Phi) is 5.51. The van der Waals surface area contributed by atoms with Gasteiger partial charge in [-0.25, -0.2) is 0 Å². The quantitative estimate of drug-likeness (QED) is 0.831. The first-order valence-electron chi connectivity index (χ1n) is 9.93. The van der Waals surface area contributed by atoms with Crippen LogP contribution in [0.1, 0.15) is 37.7 Å². The molecule has 3 unspecified atom stereocenters. The maximum Gasteiger partial charge on any atom is 0.222 e. The molecule has 3 nitrogen and oxygen atoms in total. The van der Waals surface area contributed by atoms with Crippen molar-refractivity contribution in [3.05, 3.63) is 59.1 Å². The van der Waals surface area contributed by atoms with E-state index in [-0.39, 0.29) is 24.0 Å². The number of hydrogen-bond donors (Lipinski definition) is 1. The van der Waals surface area contributed by atoms with Crippen molar-refractivity contribution >= 4 is 17.5 Å². The third-order valence-electron chi connectivity index (χ3n) is 6.11. The fourth-order valence-electron chi connectivity index (χ4n) is 4.59. The zero-order valence-corrected chi connectivity index (χ0v) is 16.2. The summed E-state index contributed by atoms with van der Waals surface area (Å²) in [7, 11) is 0. The molecule has 0 bridgehead atoms. The van der Waals surface area contributed by atoms with Crippen LogP contribution in [-0.4, -0.2) is 34.6 Å². The monoisotopic (exact) mass is 383 g/mol. The molecule has 2 aliphatic rings. The highest BCUT2D eigenvalue weighted by atomic mass is 35.5. The van der Waals surface area contributed by atoms with Crippen molar-refractivity contribution in [2.45, 2.75) is 50.7 Å². The number of aliphatic hydroxyl groups is 1. The maximum absolute atomic E-state index is 12.1. The Balaban J connectivity index is 1.48. The smallest absolute Gasteiger partial charge is 0.222 e. The van der Waals surface area contributed by atoms with Gasteiger partial charge in [-0.05, 0) is 60.8 Å². The molecule has 27 heavy (non-hydrogen) atoms. The van der Waals surface area contributed by atoms with Crippen molar-refractivity contribution in [3.63, 3.8) is 0 Å². The molecule has 0 spiro atoms. The van der Waals surface area contributed by atoms with Crippen LogP contribution >= 0.6 is 11.6 Å². The third kappa shape index (κ3) is 4.04. The minimum Gasteiger partial charge on any atom is -0.393 e. The lowest BCUT2D eigenvalue weighted by Crippen LogP contribution is -2.43. The van der Waals surface area contributed by atoms with Gasteiger partial charge in [0, 0.05) is 24.0 Å². The molecular formula is C23H26ClNO2. The van der Waals surface area contributed by atoms with Gasteiger partial charge in [0.05, 0.1) is 6.10 Å². The molecule has 142 valence electrons. The molecule has 2 fully saturated rings. The Morgan fingerprint density at radius 2 is 1.89 bits per heavy atom. The summed E-state index contributed by atoms with van der Waals surface area (Å²) in [5.41, 5.74) is 3.33. The number of halogens is 1. The van der Waals surface area contributed by atoms with Gasteiger partial charge < -0.3 is 10.0 Å². The molecule has 0 radical (unpaired) electrons. The van der Waals surface area contributed by atoms with E-state index in [0.717, 1.165) is 60.4 Å². The predicted molar refractivity (Wildman–Crippen MR) is 109 cm³/mol. The number of rotatable bonds is 4. The summed E-state index contributed by atoms with van der Waals surface area (Å²) in [4.78, 5) is 14.1. The number of nitrogens with zero attached hydrogens (tertiary/aromatic N) is 1. The second-order valence-corrected chi connectivity index (χ2v) is 8.27. The van der Waals surface area contributed by atoms with E-state index < -0.39 is 0 Å². The van der Waals surface area contributed by atoms with Gasteiger partial charge in [0.1, 0.15) is 0 Å². The highest BCUT2D eigenvalue weighted by Crippen LogP contribution is 2.35. The zero-order valence-electron chi connectivity index (χ0n) is 15.5. The lowest BCUT2D eigenvalue weighted by atomic mass is 9.79. The summed E-state index contributed by atoms with van der Waals surface area (Å²) >= 11 is 6.59. The molecule has 1 N–H and O–H groups in total. The fourth-order valence-corrected chi connectivity index (χ4v) is 4.84. The topological polar surface area (TPSA) is 40.5 Å². The summed E-state index contributed by atoms with van der Waals surface area (Å²) in [6.07, 6.45) is 4.62. The van der Waals surface area contributed by atoms with Crippen molar-refractivity contribution < 1.29 is 9.90 Å². The van der Waals surface area contributed by atoms with Crippen LogP contribution < -0.4 is 0 Å². The third-order valence-corrected chi connectivity index (χ3v) is 6.46. The second kappa shape index (κ2) is 8.04. The normalized spacial score (nSPS) is 25.8. The van der Waals surface area contributed by atoms with Gasteiger partial charge in [-0.2, -0.15) is 0 Å². The van der Waals surface area contributed by atoms with E-state index >= 15 is 0 Å². The Labute approximate surface area is 166 Å². The van der Waals surface area contributed by atoms with E-state index in [4.69, 9.17) is 11.6 Å². The van der Waals surface area contributed by atoms with Crippen LogP contribution in [0, 0.1) is 5.92 Å². The number of likely N-dealkylation sites (tertiary alicyclic amines) is 1. The Bertz CT molecular complexity index is 807. The van der Waals surface area contributed by atoms with E-state index in [1.807, 2.05) is 29.2 Å². The first-order chi connectivity index (χ1) is 13.1. The number of carbonyl (C=O) groups is 1. The van der Waals surface area contributed by atoms with Gasteiger partial charge >= 0.3 is 0 Å². The number of carbonyl (C=O) groups excluding carboxylic acids is 1. The lowest BCUT2D eigenvalue weighted by molar-refractivity contribution is -0.131. The van der Waals surface area contributed by atoms with Gasteiger partial charge in [-0.15, -0.1) is 0 Å². The predicted octanol–water partition coefficient (Wildman–Crippen LogP) is 4.70. The van der Waals surface area contributed by atoms with Gasteiger partial charge in [-0.3, -0.25) is 4.79 Å². The average molecular weight is 384 g/mol. The number of hydrogen-bond acceptors (Lipinski definition) is 2. The summed E-state index contributed by atoms with van der Waals surface area (Å²) in [6, 6.07) is 16.7. The average Bonchev–Trinajstić information content (AvgIpc) is 3.11. The van der Waals surface area contributed by atoms with Crippen LogP contribution in [-0.2, 0) is 11.2 Å². The molecule has 1 heterocycles. The van der Waals surface area contributed by atoms with Crippen LogP contribution in [0.4, 0.5) is 0 Å². The van der Waals surface area contributed by atoms with Crippen molar-refractivity contribution in [1.82, 2.24) is 4.90 Å². The van der Waals surface area contributed by atoms with Crippen LogP contribution in [0.5, 0.6) is 0 Å². The highest BCUT2D eigenvalue weighted by Gasteiger charge is 2.35. The molecule has 1 saturated carbocycles. The van der Waals surface area contributed by atoms with Crippen molar-refractivity contribution in [2.75, 3.05) is 6.54 Å². The number of amides is 1. The summed E-state index contributed by atoms with van der Waals surface area (Å²) in [5, 5.41) is 11.3. The number of aliphatic hydroxyl groups excluding tert-OH is 1. The van der Waals surface area contributed by atoms with Crippen molar-refractivity contribution in [2.24, 2.45) is 5.92 Å². The van der Waals surface area contributed by atoms with Gasteiger partial charge in [0.15, 0.2) is 0 Å². The molecular weight excluding hydrogens is 358 g/mol. The largest absolute Gasteiger partial charge is 0.393 e. The minimum atomic E-state index is -0.316. The molecule has 2 aromatic rings. The lowest BCUT2D eigenvalue weighted by Gasteiger charge is -2.38. The summed E-state index contributed by atoms with van der Waals surface area (Å²) < 4.78 is 0. The Morgan fingerprint density at radius 3 is 2.59 bits per heavy atom. The van der Waals surface area contributed by atoms with E-state index in [2.05, 4.69) is 24.3 Å². The van der Waals surface area contributed by atoms with E-state index in [9.17, 15) is 9.90 Å². The standard InChI is InChI=1S/C23H26ClNO2/c24-21-15-17(16-5-2-1-3-6-16)8-9-18(21)13-19-14-20(10-11-22(19)26)25-12-4-7-23(25)27/h1-3,5-6,8-9,15,19-20,22,26H,4,7,10-14H2. The Hall–Kier alpha value is -1.84. The fraction of sp³-hybridized carbons (Fsp3) is 0.435. The van der Waals surface area contributed by atoms with Crippen molar-refractivity contribution in [3.8, 4) is 11.1 Å². The zero-order chi connectivity index (χ0) is 18.8. The number of benzene rings is 2. The Morgan fingerprint density at radius 1 is 1.07 bits per heavy atom. The first kappa shape index (κ1) is 18.5. The molecule has 3 atom stereocenters. The SMILES string of the molecule is O=C1CCCN1C1CCC(O)C(Cc2ccc(-c3ccccc3)cc2Cl)C1.